The van der Waals surface area contributed by atoms with E-state index in [9.17, 15) is 9.59 Å². The van der Waals surface area contributed by atoms with Crippen LogP contribution in [-0.2, 0) is 28.8 Å². The number of hydrogen-bond donors (Lipinski definition) is 0. The predicted octanol–water partition coefficient (Wildman–Crippen LogP) is 4.11. The molecule has 10 heteroatoms. The summed E-state index contributed by atoms with van der Waals surface area (Å²) >= 11 is 26.8. The lowest BCUT2D eigenvalue weighted by Crippen LogP contribution is -2.53. The molecule has 0 saturated carbocycles. The minimum atomic E-state index is -1.80. The summed E-state index contributed by atoms with van der Waals surface area (Å²) in [6.07, 6.45) is 0. The van der Waals surface area contributed by atoms with Crippen molar-refractivity contribution in [3.63, 3.8) is 0 Å². The second-order valence-electron chi connectivity index (χ2n) is 5.97. The minimum Gasteiger partial charge on any atom is -0.426 e. The molecule has 0 N–H and O–H groups in total. The average molecular weight is 456 g/mol. The van der Waals surface area contributed by atoms with Gasteiger partial charge in [0.2, 0.25) is 5.79 Å². The van der Waals surface area contributed by atoms with Gasteiger partial charge in [-0.05, 0) is 12.1 Å². The van der Waals surface area contributed by atoms with E-state index in [2.05, 4.69) is 0 Å². The molecule has 0 fully saturated rings. The molecule has 27 heavy (non-hydrogen) atoms. The van der Waals surface area contributed by atoms with Crippen molar-refractivity contribution < 1.29 is 28.5 Å². The normalized spacial score (nSPS) is 27.6. The molecule has 0 radical (unpaired) electrons. The van der Waals surface area contributed by atoms with E-state index in [-0.39, 0.29) is 32.7 Å². The number of benzene rings is 1. The van der Waals surface area contributed by atoms with E-state index in [1.165, 1.54) is 40.2 Å². The van der Waals surface area contributed by atoms with E-state index in [4.69, 9.17) is 65.4 Å². The number of hydrogen-bond acceptors (Lipinski definition) is 6. The molecule has 0 spiro atoms. The lowest BCUT2D eigenvalue weighted by Gasteiger charge is -2.40. The molecule has 3 rings (SSSR count). The Morgan fingerprint density at radius 3 is 1.41 bits per heavy atom. The number of alkyl halides is 2. The van der Waals surface area contributed by atoms with Crippen LogP contribution in [0.4, 0.5) is 0 Å². The molecule has 2 aliphatic rings. The maximum absolute atomic E-state index is 11.6. The molecule has 0 aromatic heterocycles. The first kappa shape index (κ1) is 20.7. The van der Waals surface area contributed by atoms with Crippen LogP contribution in [0, 0.1) is 0 Å². The van der Waals surface area contributed by atoms with Crippen molar-refractivity contribution in [3.8, 4) is 11.5 Å². The van der Waals surface area contributed by atoms with Gasteiger partial charge in [0.15, 0.2) is 9.75 Å². The highest BCUT2D eigenvalue weighted by Crippen LogP contribution is 2.77. The molecule has 0 unspecified atom stereocenters. The molecule has 0 saturated heterocycles. The van der Waals surface area contributed by atoms with Crippen LogP contribution in [0.1, 0.15) is 25.0 Å². The topological polar surface area (TPSA) is 71.1 Å². The summed E-state index contributed by atoms with van der Waals surface area (Å²) in [6, 6.07) is 2.83. The fraction of sp³-hybridized carbons (Fsp3) is 0.412. The van der Waals surface area contributed by atoms with Crippen LogP contribution < -0.4 is 9.47 Å². The van der Waals surface area contributed by atoms with Crippen LogP contribution in [0.5, 0.6) is 11.5 Å². The first-order valence-electron chi connectivity index (χ1n) is 7.62. The second-order valence-corrected chi connectivity index (χ2v) is 7.86. The van der Waals surface area contributed by atoms with E-state index in [1.54, 1.807) is 0 Å². The maximum Gasteiger partial charge on any atom is 0.308 e. The van der Waals surface area contributed by atoms with Crippen LogP contribution in [0.2, 0.25) is 0 Å². The Morgan fingerprint density at radius 2 is 1.15 bits per heavy atom. The van der Waals surface area contributed by atoms with Crippen molar-refractivity contribution in [2.24, 2.45) is 0 Å². The quantitative estimate of drug-likeness (QED) is 0.294. The van der Waals surface area contributed by atoms with Crippen molar-refractivity contribution >= 4 is 58.3 Å². The van der Waals surface area contributed by atoms with Crippen molar-refractivity contribution in [2.45, 2.75) is 29.4 Å². The molecule has 0 aliphatic heterocycles. The lowest BCUT2D eigenvalue weighted by atomic mass is 9.93. The number of ether oxygens (including phenoxy) is 4. The third kappa shape index (κ3) is 2.29. The van der Waals surface area contributed by atoms with Gasteiger partial charge in [0.05, 0.1) is 10.1 Å². The zero-order valence-electron chi connectivity index (χ0n) is 14.6. The molecular weight excluding hydrogens is 442 g/mol. The molecule has 146 valence electrons. The van der Waals surface area contributed by atoms with Crippen molar-refractivity contribution in [3.05, 3.63) is 33.3 Å². The predicted molar refractivity (Wildman–Crippen MR) is 99.6 cm³/mol. The van der Waals surface area contributed by atoms with Gasteiger partial charge in [0.25, 0.3) is 0 Å². The standard InChI is InChI=1S/C17H14Cl4O6/c1-7(22)26-9-5-6-10(27-8(2)23)12-11(9)15(20)13(18)14(19)16(12,21)17(15,24-3)25-4/h5-6H,1-4H3/t15-,16-/m0/s1. The monoisotopic (exact) mass is 454 g/mol. The van der Waals surface area contributed by atoms with Crippen LogP contribution in [0.25, 0.3) is 0 Å². The van der Waals surface area contributed by atoms with Gasteiger partial charge in [-0.1, -0.05) is 23.2 Å². The summed E-state index contributed by atoms with van der Waals surface area (Å²) in [4.78, 5) is 19.7. The molecule has 1 aromatic carbocycles. The zero-order valence-corrected chi connectivity index (χ0v) is 17.6. The van der Waals surface area contributed by atoms with E-state index in [0.29, 0.717) is 0 Å². The minimum absolute atomic E-state index is 0.0505. The van der Waals surface area contributed by atoms with E-state index >= 15 is 0 Å². The molecule has 2 bridgehead atoms. The number of methoxy groups -OCH3 is 2. The van der Waals surface area contributed by atoms with Gasteiger partial charge < -0.3 is 18.9 Å². The van der Waals surface area contributed by atoms with Crippen LogP contribution in [0.3, 0.4) is 0 Å². The molecule has 1 aromatic rings. The Morgan fingerprint density at radius 1 is 0.815 bits per heavy atom. The first-order valence-corrected chi connectivity index (χ1v) is 9.13. The number of esters is 2. The van der Waals surface area contributed by atoms with E-state index in [1.807, 2.05) is 0 Å². The summed E-state index contributed by atoms with van der Waals surface area (Å²) < 4.78 is 21.8. The highest BCUT2D eigenvalue weighted by atomic mass is 35.5. The molecule has 2 aliphatic carbocycles. The highest BCUT2D eigenvalue weighted by molar-refractivity contribution is 6.52. The Kier molecular flexibility index (Phi) is 4.99. The third-order valence-corrected chi connectivity index (χ3v) is 7.09. The number of rotatable bonds is 4. The SMILES string of the molecule is COC1(OC)[C@@]2(Cl)C(Cl)=C(Cl)[C@@]1(Cl)c1c(OC(C)=O)ccc(OC(C)=O)c12. The van der Waals surface area contributed by atoms with Gasteiger partial charge >= 0.3 is 11.9 Å². The van der Waals surface area contributed by atoms with E-state index < -0.39 is 27.5 Å². The second kappa shape index (κ2) is 6.51. The molecular formula is C17H14Cl4O6. The van der Waals surface area contributed by atoms with Crippen molar-refractivity contribution in [2.75, 3.05) is 14.2 Å². The number of halogens is 4. The van der Waals surface area contributed by atoms with Gasteiger partial charge in [-0.25, -0.2) is 0 Å². The summed E-state index contributed by atoms with van der Waals surface area (Å²) in [6.45, 7) is 2.45. The number of carbonyl (C=O) groups excluding carboxylic acids is 2. The largest absolute Gasteiger partial charge is 0.426 e. The van der Waals surface area contributed by atoms with Gasteiger partial charge in [-0.15, -0.1) is 23.2 Å². The summed E-state index contributed by atoms with van der Waals surface area (Å²) in [5.41, 5.74) is 0.345. The Balaban J connectivity index is 2.47. The lowest BCUT2D eigenvalue weighted by molar-refractivity contribution is -0.229. The van der Waals surface area contributed by atoms with Crippen LogP contribution in [0.15, 0.2) is 22.2 Å². The average Bonchev–Trinajstić information content (AvgIpc) is 2.85. The fourth-order valence-corrected chi connectivity index (χ4v) is 5.77. The zero-order chi connectivity index (χ0) is 20.4. The van der Waals surface area contributed by atoms with Gasteiger partial charge in [0.1, 0.15) is 11.5 Å². The molecule has 0 amide bonds. The van der Waals surface area contributed by atoms with Crippen LogP contribution >= 0.6 is 46.4 Å². The van der Waals surface area contributed by atoms with Gasteiger partial charge in [0, 0.05) is 39.2 Å². The highest BCUT2D eigenvalue weighted by Gasteiger charge is 2.81. The molecule has 2 atom stereocenters. The van der Waals surface area contributed by atoms with E-state index in [0.717, 1.165) is 0 Å². The summed E-state index contributed by atoms with van der Waals surface area (Å²) in [5.74, 6) is -2.88. The maximum atomic E-state index is 11.6. The van der Waals surface area contributed by atoms with Crippen molar-refractivity contribution in [1.29, 1.82) is 0 Å². The summed E-state index contributed by atoms with van der Waals surface area (Å²) in [7, 11) is 2.64. The first-order chi connectivity index (χ1) is 12.5. The number of fused-ring (bicyclic) bond motifs is 5. The van der Waals surface area contributed by atoms with Crippen LogP contribution in [-0.4, -0.2) is 31.9 Å². The third-order valence-electron chi connectivity index (χ3n) is 4.60. The summed E-state index contributed by atoms with van der Waals surface area (Å²) in [5, 5.41) is -0.101. The number of carbonyl (C=O) groups is 2. The Bertz CT molecular complexity index is 827. The van der Waals surface area contributed by atoms with Crippen molar-refractivity contribution in [1.82, 2.24) is 0 Å². The Hall–Kier alpha value is -1.02. The molecule has 6 nitrogen and oxygen atoms in total. The van der Waals surface area contributed by atoms with Gasteiger partial charge in [-0.2, -0.15) is 0 Å². The Labute approximate surface area is 175 Å². The molecule has 0 heterocycles. The smallest absolute Gasteiger partial charge is 0.308 e. The fourth-order valence-electron chi connectivity index (χ4n) is 3.75. The van der Waals surface area contributed by atoms with Gasteiger partial charge in [-0.3, -0.25) is 9.59 Å².